The predicted octanol–water partition coefficient (Wildman–Crippen LogP) is 3.45. The van der Waals surface area contributed by atoms with Crippen LogP contribution in [0.5, 0.6) is 0 Å². The van der Waals surface area contributed by atoms with Crippen LogP contribution in [0, 0.1) is 0 Å². The van der Waals surface area contributed by atoms with Gasteiger partial charge in [-0.3, -0.25) is 9.78 Å². The van der Waals surface area contributed by atoms with Gasteiger partial charge in [-0.2, -0.15) is 0 Å². The van der Waals surface area contributed by atoms with Crippen molar-refractivity contribution in [2.75, 3.05) is 13.1 Å². The Kier molecular flexibility index (Phi) is 4.84. The summed E-state index contributed by atoms with van der Waals surface area (Å²) in [6.45, 7) is 0.976. The Labute approximate surface area is 182 Å². The number of aliphatic hydroxyl groups excluding tert-OH is 1. The number of aliphatic hydroxyl groups is 1. The molecule has 1 aliphatic heterocycles. The summed E-state index contributed by atoms with van der Waals surface area (Å²) < 4.78 is 0. The SMILES string of the molecule is O=C(c1ccc(-c2ccc(-c3nc4[nH]c(=O)[nH]c4cc3Cl)cc2)cc1)N1CC[C@@H](O)C1. The summed E-state index contributed by atoms with van der Waals surface area (Å²) in [6.07, 6.45) is 0.199. The molecule has 156 valence electrons. The molecule has 3 heterocycles. The molecule has 1 saturated heterocycles. The van der Waals surface area contributed by atoms with E-state index in [-0.39, 0.29) is 11.6 Å². The number of β-amino-alcohol motifs (C(OH)–C–C–N with tert-alkyl or cyclic N) is 1. The lowest BCUT2D eigenvalue weighted by molar-refractivity contribution is 0.0765. The maximum Gasteiger partial charge on any atom is 0.325 e. The fourth-order valence-corrected chi connectivity index (χ4v) is 4.14. The number of imidazole rings is 1. The van der Waals surface area contributed by atoms with Crippen molar-refractivity contribution in [2.45, 2.75) is 12.5 Å². The standard InChI is InChI=1S/C23H19ClN4O3/c24-18-11-19-21(27-23(31)25-19)26-20(18)15-5-1-13(2-6-15)14-3-7-16(8-4-14)22(30)28-10-9-17(29)12-28/h1-8,11,17,29H,9-10,12H2,(H2,25,26,27,31)/t17-/m1/s1. The normalized spacial score (nSPS) is 16.2. The van der Waals surface area contributed by atoms with Crippen LogP contribution in [0.2, 0.25) is 5.02 Å². The third kappa shape index (κ3) is 3.73. The second kappa shape index (κ2) is 7.68. The third-order valence-corrected chi connectivity index (χ3v) is 5.82. The van der Waals surface area contributed by atoms with Crippen molar-refractivity contribution in [3.05, 3.63) is 75.7 Å². The van der Waals surface area contributed by atoms with E-state index in [1.807, 2.05) is 48.5 Å². The maximum atomic E-state index is 12.5. The van der Waals surface area contributed by atoms with Gasteiger partial charge in [-0.05, 0) is 35.7 Å². The molecule has 1 aliphatic rings. The first-order valence-electron chi connectivity index (χ1n) is 9.95. The summed E-state index contributed by atoms with van der Waals surface area (Å²) >= 11 is 6.36. The van der Waals surface area contributed by atoms with Crippen molar-refractivity contribution >= 4 is 28.7 Å². The van der Waals surface area contributed by atoms with Gasteiger partial charge in [0.05, 0.1) is 22.3 Å². The molecule has 0 spiro atoms. The molecule has 2 aromatic carbocycles. The molecule has 0 saturated carbocycles. The lowest BCUT2D eigenvalue weighted by Crippen LogP contribution is -2.29. The number of hydrogen-bond donors (Lipinski definition) is 3. The van der Waals surface area contributed by atoms with Gasteiger partial charge in [0.1, 0.15) is 0 Å². The van der Waals surface area contributed by atoms with Crippen molar-refractivity contribution in [3.63, 3.8) is 0 Å². The lowest BCUT2D eigenvalue weighted by Gasteiger charge is -2.15. The number of rotatable bonds is 3. The summed E-state index contributed by atoms with van der Waals surface area (Å²) in [4.78, 5) is 35.4. The highest BCUT2D eigenvalue weighted by Gasteiger charge is 2.25. The molecule has 5 rings (SSSR count). The third-order valence-electron chi connectivity index (χ3n) is 5.53. The van der Waals surface area contributed by atoms with E-state index in [1.165, 1.54) is 0 Å². The van der Waals surface area contributed by atoms with E-state index in [2.05, 4.69) is 15.0 Å². The number of nitrogens with zero attached hydrogens (tertiary/aromatic N) is 2. The molecule has 0 bridgehead atoms. The Bertz CT molecular complexity index is 1330. The molecule has 0 aliphatic carbocycles. The number of hydrogen-bond acceptors (Lipinski definition) is 4. The lowest BCUT2D eigenvalue weighted by atomic mass is 10.0. The summed E-state index contributed by atoms with van der Waals surface area (Å²) in [5.41, 5.74) is 4.70. The first kappa shape index (κ1) is 19.5. The molecule has 2 aromatic heterocycles. The van der Waals surface area contributed by atoms with Crippen LogP contribution in [0.4, 0.5) is 0 Å². The van der Waals surface area contributed by atoms with E-state index >= 15 is 0 Å². The van der Waals surface area contributed by atoms with Crippen molar-refractivity contribution in [1.82, 2.24) is 19.9 Å². The van der Waals surface area contributed by atoms with Gasteiger partial charge >= 0.3 is 5.69 Å². The quantitative estimate of drug-likeness (QED) is 0.459. The second-order valence-corrected chi connectivity index (χ2v) is 8.05. The molecule has 0 unspecified atom stereocenters. The average Bonchev–Trinajstić information content (AvgIpc) is 3.37. The van der Waals surface area contributed by atoms with Gasteiger partial charge < -0.3 is 15.0 Å². The smallest absolute Gasteiger partial charge is 0.325 e. The molecule has 1 atom stereocenters. The van der Waals surface area contributed by atoms with Crippen LogP contribution in [0.1, 0.15) is 16.8 Å². The number of fused-ring (bicyclic) bond motifs is 1. The molecule has 1 amide bonds. The average molecular weight is 435 g/mol. The number of carbonyl (C=O) groups is 1. The number of benzene rings is 2. The summed E-state index contributed by atoms with van der Waals surface area (Å²) in [5.74, 6) is -0.0580. The largest absolute Gasteiger partial charge is 0.391 e. The van der Waals surface area contributed by atoms with E-state index in [9.17, 15) is 14.7 Å². The van der Waals surface area contributed by atoms with Gasteiger partial charge in [-0.25, -0.2) is 9.78 Å². The minimum atomic E-state index is -0.428. The van der Waals surface area contributed by atoms with Crippen LogP contribution in [0.25, 0.3) is 33.5 Å². The Morgan fingerprint density at radius 1 is 1.03 bits per heavy atom. The molecule has 3 N–H and O–H groups in total. The number of aromatic nitrogens is 3. The molecule has 4 aromatic rings. The molecule has 31 heavy (non-hydrogen) atoms. The molecule has 0 radical (unpaired) electrons. The molecule has 1 fully saturated rings. The minimum absolute atomic E-state index is 0.0580. The monoisotopic (exact) mass is 434 g/mol. The van der Waals surface area contributed by atoms with Crippen LogP contribution >= 0.6 is 11.6 Å². The topological polar surface area (TPSA) is 102 Å². The van der Waals surface area contributed by atoms with Gasteiger partial charge in [0.15, 0.2) is 5.65 Å². The second-order valence-electron chi connectivity index (χ2n) is 7.64. The van der Waals surface area contributed by atoms with E-state index in [4.69, 9.17) is 11.6 Å². The van der Waals surface area contributed by atoms with E-state index in [0.29, 0.717) is 47.0 Å². The van der Waals surface area contributed by atoms with Gasteiger partial charge in [-0.1, -0.05) is 48.0 Å². The summed E-state index contributed by atoms with van der Waals surface area (Å²) in [6, 6.07) is 16.9. The van der Waals surface area contributed by atoms with Crippen LogP contribution in [-0.4, -0.2) is 50.1 Å². The van der Waals surface area contributed by atoms with E-state index in [0.717, 1.165) is 16.7 Å². The molecular weight excluding hydrogens is 416 g/mol. The zero-order chi connectivity index (χ0) is 21.5. The first-order valence-corrected chi connectivity index (χ1v) is 10.3. The van der Waals surface area contributed by atoms with Crippen LogP contribution in [0.3, 0.4) is 0 Å². The predicted molar refractivity (Wildman–Crippen MR) is 119 cm³/mol. The minimum Gasteiger partial charge on any atom is -0.391 e. The van der Waals surface area contributed by atoms with E-state index < -0.39 is 6.10 Å². The maximum absolute atomic E-state index is 12.5. The molecule has 7 nitrogen and oxygen atoms in total. The van der Waals surface area contributed by atoms with E-state index in [1.54, 1.807) is 11.0 Å². The number of H-pyrrole nitrogens is 2. The van der Waals surface area contributed by atoms with Crippen LogP contribution < -0.4 is 5.69 Å². The highest BCUT2D eigenvalue weighted by Crippen LogP contribution is 2.30. The van der Waals surface area contributed by atoms with Gasteiger partial charge in [0.2, 0.25) is 0 Å². The number of halogens is 1. The number of aromatic amines is 2. The fourth-order valence-electron chi connectivity index (χ4n) is 3.88. The van der Waals surface area contributed by atoms with Crippen molar-refractivity contribution in [2.24, 2.45) is 0 Å². The van der Waals surface area contributed by atoms with Crippen LogP contribution in [0.15, 0.2) is 59.4 Å². The molecular formula is C23H19ClN4O3. The number of nitrogens with one attached hydrogen (secondary N) is 2. The van der Waals surface area contributed by atoms with Gasteiger partial charge in [0, 0.05) is 24.2 Å². The zero-order valence-electron chi connectivity index (χ0n) is 16.4. The zero-order valence-corrected chi connectivity index (χ0v) is 17.2. The van der Waals surface area contributed by atoms with Crippen molar-refractivity contribution in [1.29, 1.82) is 0 Å². The van der Waals surface area contributed by atoms with Crippen molar-refractivity contribution in [3.8, 4) is 22.4 Å². The highest BCUT2D eigenvalue weighted by molar-refractivity contribution is 6.33. The van der Waals surface area contributed by atoms with Crippen LogP contribution in [-0.2, 0) is 0 Å². The summed E-state index contributed by atoms with van der Waals surface area (Å²) in [7, 11) is 0. The Morgan fingerprint density at radius 2 is 1.68 bits per heavy atom. The Hall–Kier alpha value is -3.42. The Morgan fingerprint density at radius 3 is 2.32 bits per heavy atom. The van der Waals surface area contributed by atoms with Gasteiger partial charge in [0.25, 0.3) is 5.91 Å². The summed E-state index contributed by atoms with van der Waals surface area (Å²) in [5, 5.41) is 10.1. The van der Waals surface area contributed by atoms with Gasteiger partial charge in [-0.15, -0.1) is 0 Å². The number of carbonyl (C=O) groups excluding carboxylic acids is 1. The number of pyridine rings is 1. The Balaban J connectivity index is 1.38. The first-order chi connectivity index (χ1) is 15.0. The fraction of sp³-hybridized carbons (Fsp3) is 0.174. The highest BCUT2D eigenvalue weighted by atomic mass is 35.5. The molecule has 8 heteroatoms. The van der Waals surface area contributed by atoms with Crippen molar-refractivity contribution < 1.29 is 9.90 Å². The number of amides is 1. The number of likely N-dealkylation sites (tertiary alicyclic amines) is 1.